The summed E-state index contributed by atoms with van der Waals surface area (Å²) in [5.74, 6) is -0.688. The normalized spacial score (nSPS) is 11.6. The Morgan fingerprint density at radius 3 is 2.46 bits per heavy atom. The molecule has 0 aromatic heterocycles. The van der Waals surface area contributed by atoms with Crippen LogP contribution in [0.1, 0.15) is 0 Å². The first-order valence-electron chi connectivity index (χ1n) is 2.95. The van der Waals surface area contributed by atoms with Crippen LogP contribution in [0.3, 0.4) is 0 Å². The molecule has 0 saturated carbocycles. The van der Waals surface area contributed by atoms with Gasteiger partial charge >= 0.3 is 10.2 Å². The van der Waals surface area contributed by atoms with Gasteiger partial charge in [-0.1, -0.05) is 11.6 Å². The van der Waals surface area contributed by atoms with Gasteiger partial charge in [0.2, 0.25) is 0 Å². The van der Waals surface area contributed by atoms with Crippen molar-refractivity contribution in [3.8, 4) is 5.75 Å². The lowest BCUT2D eigenvalue weighted by molar-refractivity contribution is 0.452. The van der Waals surface area contributed by atoms with Crippen LogP contribution in [0, 0.1) is 0 Å². The molecule has 0 aliphatic heterocycles. The maximum atomic E-state index is 12.5. The molecular formula is C6H3BrClFO3S. The highest BCUT2D eigenvalue weighted by molar-refractivity contribution is 9.10. The summed E-state index contributed by atoms with van der Waals surface area (Å²) in [6.07, 6.45) is 0. The highest BCUT2D eigenvalue weighted by Gasteiger charge is 2.20. The smallest absolute Gasteiger partial charge is 0.335 e. The second kappa shape index (κ2) is 3.43. The van der Waals surface area contributed by atoms with E-state index in [1.165, 1.54) is 6.07 Å². The molecule has 13 heavy (non-hydrogen) atoms. The molecule has 0 fully saturated rings. The van der Waals surface area contributed by atoms with E-state index in [-0.39, 0.29) is 9.50 Å². The average molecular weight is 290 g/mol. The Balaban J connectivity index is 3.56. The van der Waals surface area contributed by atoms with Gasteiger partial charge in [0.25, 0.3) is 0 Å². The molecule has 1 aromatic carbocycles. The summed E-state index contributed by atoms with van der Waals surface area (Å²) in [5, 5.41) is 9.15. The first-order chi connectivity index (χ1) is 5.82. The zero-order valence-electron chi connectivity index (χ0n) is 5.96. The van der Waals surface area contributed by atoms with Crippen molar-refractivity contribution in [1.82, 2.24) is 0 Å². The van der Waals surface area contributed by atoms with Gasteiger partial charge in [0.1, 0.15) is 4.90 Å². The van der Waals surface area contributed by atoms with Crippen LogP contribution in [0.15, 0.2) is 21.5 Å². The minimum atomic E-state index is -4.94. The monoisotopic (exact) mass is 288 g/mol. The third kappa shape index (κ3) is 2.32. The van der Waals surface area contributed by atoms with E-state index in [0.717, 1.165) is 6.07 Å². The quantitative estimate of drug-likeness (QED) is 0.808. The van der Waals surface area contributed by atoms with Gasteiger partial charge in [0.15, 0.2) is 5.75 Å². The number of hydrogen-bond donors (Lipinski definition) is 1. The summed E-state index contributed by atoms with van der Waals surface area (Å²) >= 11 is 8.28. The van der Waals surface area contributed by atoms with E-state index in [4.69, 9.17) is 16.7 Å². The Morgan fingerprint density at radius 2 is 2.00 bits per heavy atom. The Kier molecular flexibility index (Phi) is 2.84. The average Bonchev–Trinajstić information content (AvgIpc) is 1.94. The molecule has 1 aromatic rings. The molecule has 0 unspecified atom stereocenters. The zero-order chi connectivity index (χ0) is 10.2. The number of rotatable bonds is 1. The first-order valence-corrected chi connectivity index (χ1v) is 5.50. The van der Waals surface area contributed by atoms with E-state index >= 15 is 0 Å². The lowest BCUT2D eigenvalue weighted by Gasteiger charge is -2.02. The van der Waals surface area contributed by atoms with Gasteiger partial charge in [-0.3, -0.25) is 0 Å². The number of hydrogen-bond acceptors (Lipinski definition) is 3. The molecule has 0 bridgehead atoms. The summed E-state index contributed by atoms with van der Waals surface area (Å²) in [4.78, 5) is -0.841. The van der Waals surface area contributed by atoms with Crippen LogP contribution in [0.4, 0.5) is 3.89 Å². The van der Waals surface area contributed by atoms with Crippen LogP contribution in [0.25, 0.3) is 0 Å². The maximum Gasteiger partial charge on any atom is 0.335 e. The second-order valence-electron chi connectivity index (χ2n) is 2.17. The number of phenolic OH excluding ortho intramolecular Hbond substituents is 1. The van der Waals surface area contributed by atoms with Crippen molar-refractivity contribution >= 4 is 37.8 Å². The molecule has 0 radical (unpaired) electrons. The molecule has 0 spiro atoms. The largest absolute Gasteiger partial charge is 0.505 e. The van der Waals surface area contributed by atoms with E-state index in [2.05, 4.69) is 15.9 Å². The lowest BCUT2D eigenvalue weighted by Crippen LogP contribution is -1.93. The molecule has 0 heterocycles. The number of phenols is 1. The fraction of sp³-hybridized carbons (Fsp3) is 0. The van der Waals surface area contributed by atoms with E-state index in [1.807, 2.05) is 0 Å². The zero-order valence-corrected chi connectivity index (χ0v) is 9.12. The molecule has 0 atom stereocenters. The van der Waals surface area contributed by atoms with Crippen LogP contribution in [0.5, 0.6) is 5.75 Å². The van der Waals surface area contributed by atoms with Crippen LogP contribution >= 0.6 is 27.5 Å². The third-order valence-corrected chi connectivity index (χ3v) is 2.92. The summed E-state index contributed by atoms with van der Waals surface area (Å²) in [6.45, 7) is 0. The molecule has 3 nitrogen and oxygen atoms in total. The molecular weight excluding hydrogens is 286 g/mol. The summed E-state index contributed by atoms with van der Waals surface area (Å²) < 4.78 is 33.4. The van der Waals surface area contributed by atoms with Gasteiger partial charge in [0.05, 0.1) is 4.47 Å². The predicted molar refractivity (Wildman–Crippen MR) is 49.1 cm³/mol. The van der Waals surface area contributed by atoms with Gasteiger partial charge in [-0.25, -0.2) is 0 Å². The van der Waals surface area contributed by atoms with Crippen molar-refractivity contribution in [1.29, 1.82) is 0 Å². The van der Waals surface area contributed by atoms with Gasteiger partial charge in [-0.2, -0.15) is 8.42 Å². The van der Waals surface area contributed by atoms with E-state index in [1.54, 1.807) is 0 Å². The second-order valence-corrected chi connectivity index (χ2v) is 4.78. The van der Waals surface area contributed by atoms with Crippen LogP contribution in [0.2, 0.25) is 5.02 Å². The summed E-state index contributed by atoms with van der Waals surface area (Å²) in [6, 6.07) is 2.09. The van der Waals surface area contributed by atoms with Crippen LogP contribution in [-0.4, -0.2) is 13.5 Å². The summed E-state index contributed by atoms with van der Waals surface area (Å²) in [7, 11) is -4.94. The molecule has 0 amide bonds. The minimum Gasteiger partial charge on any atom is -0.505 e. The van der Waals surface area contributed by atoms with Crippen molar-refractivity contribution in [3.05, 3.63) is 21.6 Å². The van der Waals surface area contributed by atoms with Crippen molar-refractivity contribution in [2.24, 2.45) is 0 Å². The molecule has 0 aliphatic carbocycles. The molecule has 7 heteroatoms. The maximum absolute atomic E-state index is 12.5. The van der Waals surface area contributed by atoms with Gasteiger partial charge in [-0.05, 0) is 28.1 Å². The number of halogens is 3. The Labute approximate surface area is 87.5 Å². The Hall–Kier alpha value is -0.330. The number of benzene rings is 1. The molecule has 0 aliphatic rings. The van der Waals surface area contributed by atoms with Crippen molar-refractivity contribution in [2.75, 3.05) is 0 Å². The summed E-state index contributed by atoms with van der Waals surface area (Å²) in [5.41, 5.74) is 0. The predicted octanol–water partition coefficient (Wildman–Crippen LogP) is 2.47. The Morgan fingerprint density at radius 1 is 1.46 bits per heavy atom. The van der Waals surface area contributed by atoms with Crippen LogP contribution < -0.4 is 0 Å². The van der Waals surface area contributed by atoms with E-state index < -0.39 is 20.9 Å². The topological polar surface area (TPSA) is 54.4 Å². The van der Waals surface area contributed by atoms with E-state index in [0.29, 0.717) is 0 Å². The molecule has 0 saturated heterocycles. The fourth-order valence-corrected chi connectivity index (χ4v) is 2.34. The third-order valence-electron chi connectivity index (χ3n) is 1.26. The minimum absolute atomic E-state index is 0.0147. The van der Waals surface area contributed by atoms with Crippen molar-refractivity contribution in [2.45, 2.75) is 4.90 Å². The number of aromatic hydroxyl groups is 1. The van der Waals surface area contributed by atoms with Gasteiger partial charge in [-0.15, -0.1) is 3.89 Å². The van der Waals surface area contributed by atoms with Gasteiger partial charge < -0.3 is 5.11 Å². The van der Waals surface area contributed by atoms with Crippen LogP contribution in [-0.2, 0) is 10.2 Å². The fourth-order valence-electron chi connectivity index (χ4n) is 0.728. The molecule has 1 rings (SSSR count). The van der Waals surface area contributed by atoms with Crippen molar-refractivity contribution < 1.29 is 17.4 Å². The molecule has 72 valence electrons. The van der Waals surface area contributed by atoms with Gasteiger partial charge in [0, 0.05) is 5.02 Å². The highest BCUT2D eigenvalue weighted by Crippen LogP contribution is 2.35. The lowest BCUT2D eigenvalue weighted by atomic mass is 10.3. The SMILES string of the molecule is O=S(=O)(F)c1cc(Cl)cc(Br)c1O. The standard InChI is InChI=1S/C6H3BrClFO3S/c7-4-1-3(8)2-5(6(4)10)13(9,11)12/h1-2,10H. The van der Waals surface area contributed by atoms with Crippen molar-refractivity contribution in [3.63, 3.8) is 0 Å². The molecule has 1 N–H and O–H groups in total. The highest BCUT2D eigenvalue weighted by atomic mass is 79.9. The van der Waals surface area contributed by atoms with E-state index in [9.17, 15) is 12.3 Å². The Bertz CT molecular complexity index is 445. The first kappa shape index (κ1) is 10.7.